The van der Waals surface area contributed by atoms with Crippen LogP contribution in [0, 0.1) is 11.3 Å². The summed E-state index contributed by atoms with van der Waals surface area (Å²) in [6.45, 7) is 0.315. The smallest absolute Gasteiger partial charge is 0.338 e. The lowest BCUT2D eigenvalue weighted by atomic mass is 10.1. The van der Waals surface area contributed by atoms with Crippen molar-refractivity contribution in [3.8, 4) is 6.07 Å². The zero-order valence-electron chi connectivity index (χ0n) is 14.0. The lowest BCUT2D eigenvalue weighted by Crippen LogP contribution is -2.23. The summed E-state index contributed by atoms with van der Waals surface area (Å²) < 4.78 is 5.03. The van der Waals surface area contributed by atoms with Gasteiger partial charge in [-0.2, -0.15) is 5.26 Å². The van der Waals surface area contributed by atoms with E-state index in [0.717, 1.165) is 12.1 Å². The van der Waals surface area contributed by atoms with E-state index in [2.05, 4.69) is 0 Å². The summed E-state index contributed by atoms with van der Waals surface area (Å²) in [4.78, 5) is 37.5. The third-order valence-electron chi connectivity index (χ3n) is 4.16. The number of benzene rings is 2. The molecule has 2 aromatic carbocycles. The number of carbonyl (C=O) groups excluding carboxylic acids is 3. The van der Waals surface area contributed by atoms with Crippen LogP contribution in [0.4, 0.5) is 5.69 Å². The van der Waals surface area contributed by atoms with Gasteiger partial charge in [0.25, 0.3) is 0 Å². The summed E-state index contributed by atoms with van der Waals surface area (Å²) in [5, 5.41) is 8.74. The van der Waals surface area contributed by atoms with Crippen LogP contribution in [0.3, 0.4) is 0 Å². The third-order valence-corrected chi connectivity index (χ3v) is 4.16. The van der Waals surface area contributed by atoms with Gasteiger partial charge in [0.2, 0.25) is 5.91 Å². The quantitative estimate of drug-likeness (QED) is 0.612. The molecule has 1 saturated heterocycles. The zero-order chi connectivity index (χ0) is 18.5. The molecule has 0 aliphatic carbocycles. The maximum absolute atomic E-state index is 12.2. The Hall–Kier alpha value is -3.46. The molecule has 0 radical (unpaired) electrons. The van der Waals surface area contributed by atoms with E-state index < -0.39 is 5.97 Å². The minimum Gasteiger partial charge on any atom is -0.454 e. The van der Waals surface area contributed by atoms with Crippen LogP contribution in [-0.2, 0) is 9.53 Å². The number of hydrogen-bond donors (Lipinski definition) is 0. The van der Waals surface area contributed by atoms with Crippen molar-refractivity contribution in [3.05, 3.63) is 65.2 Å². The van der Waals surface area contributed by atoms with Gasteiger partial charge in [0.15, 0.2) is 12.4 Å². The molecule has 0 N–H and O–H groups in total. The minimum absolute atomic E-state index is 0.0837. The molecule has 2 aromatic rings. The number of nitrogens with zero attached hydrogens (tertiary/aromatic N) is 2. The Morgan fingerprint density at radius 1 is 1.04 bits per heavy atom. The number of rotatable bonds is 5. The number of nitriles is 1. The van der Waals surface area contributed by atoms with Crippen LogP contribution in [0.2, 0.25) is 0 Å². The maximum atomic E-state index is 12.2. The summed E-state index contributed by atoms with van der Waals surface area (Å²) in [6, 6.07) is 14.6. The highest BCUT2D eigenvalue weighted by Crippen LogP contribution is 2.21. The van der Waals surface area contributed by atoms with E-state index in [9.17, 15) is 14.4 Å². The largest absolute Gasteiger partial charge is 0.454 e. The number of carbonyl (C=O) groups is 3. The van der Waals surface area contributed by atoms with Crippen LogP contribution in [-0.4, -0.2) is 30.8 Å². The number of ketones is 1. The van der Waals surface area contributed by atoms with Gasteiger partial charge in [-0.15, -0.1) is 0 Å². The Balaban J connectivity index is 1.58. The van der Waals surface area contributed by atoms with Gasteiger partial charge >= 0.3 is 5.97 Å². The first-order valence-corrected chi connectivity index (χ1v) is 8.19. The van der Waals surface area contributed by atoms with Crippen molar-refractivity contribution >= 4 is 23.3 Å². The predicted octanol–water partition coefficient (Wildman–Crippen LogP) is 2.72. The Morgan fingerprint density at radius 2 is 1.69 bits per heavy atom. The fourth-order valence-corrected chi connectivity index (χ4v) is 2.73. The van der Waals surface area contributed by atoms with Crippen LogP contribution < -0.4 is 4.90 Å². The van der Waals surface area contributed by atoms with Crippen LogP contribution >= 0.6 is 0 Å². The molecule has 6 nitrogen and oxygen atoms in total. The molecule has 1 heterocycles. The van der Waals surface area contributed by atoms with E-state index in [-0.39, 0.29) is 23.9 Å². The van der Waals surface area contributed by atoms with E-state index in [0.29, 0.717) is 24.1 Å². The standard InChI is InChI=1S/C20H16N2O4/c21-12-14-3-5-16(6-4-14)20(25)26-13-18(23)15-7-9-17(10-8-15)22-11-1-2-19(22)24/h3-10H,1-2,11,13H2. The van der Waals surface area contributed by atoms with Crippen molar-refractivity contribution in [2.24, 2.45) is 0 Å². The molecule has 1 aliphatic heterocycles. The Labute approximate surface area is 150 Å². The predicted molar refractivity (Wildman–Crippen MR) is 93.8 cm³/mol. The highest BCUT2D eigenvalue weighted by atomic mass is 16.5. The molecular formula is C20H16N2O4. The zero-order valence-corrected chi connectivity index (χ0v) is 14.0. The third kappa shape index (κ3) is 3.78. The van der Waals surface area contributed by atoms with E-state index in [1.165, 1.54) is 24.3 Å². The molecule has 0 unspecified atom stereocenters. The number of esters is 1. The van der Waals surface area contributed by atoms with Gasteiger partial charge in [-0.25, -0.2) is 4.79 Å². The van der Waals surface area contributed by atoms with E-state index in [4.69, 9.17) is 10.00 Å². The van der Waals surface area contributed by atoms with Crippen LogP contribution in [0.5, 0.6) is 0 Å². The molecule has 130 valence electrons. The van der Waals surface area contributed by atoms with Crippen LogP contribution in [0.15, 0.2) is 48.5 Å². The average Bonchev–Trinajstić information content (AvgIpc) is 3.12. The Kier molecular flexibility index (Phi) is 5.09. The first kappa shape index (κ1) is 17.4. The number of hydrogen-bond acceptors (Lipinski definition) is 5. The van der Waals surface area contributed by atoms with E-state index in [1.54, 1.807) is 29.2 Å². The summed E-state index contributed by atoms with van der Waals surface area (Å²) in [6.07, 6.45) is 1.39. The molecule has 1 fully saturated rings. The first-order valence-electron chi connectivity index (χ1n) is 8.19. The Morgan fingerprint density at radius 3 is 2.27 bits per heavy atom. The molecular weight excluding hydrogens is 332 g/mol. The van der Waals surface area contributed by atoms with Gasteiger partial charge in [-0.1, -0.05) is 0 Å². The lowest BCUT2D eigenvalue weighted by Gasteiger charge is -2.15. The van der Waals surface area contributed by atoms with Crippen molar-refractivity contribution in [1.82, 2.24) is 0 Å². The highest BCUT2D eigenvalue weighted by molar-refractivity contribution is 6.00. The van der Waals surface area contributed by atoms with E-state index >= 15 is 0 Å². The summed E-state index contributed by atoms with van der Waals surface area (Å²) >= 11 is 0. The second-order valence-corrected chi connectivity index (χ2v) is 5.88. The van der Waals surface area contributed by atoms with Gasteiger partial charge in [0.1, 0.15) is 0 Å². The first-order chi connectivity index (χ1) is 12.6. The Bertz CT molecular complexity index is 880. The summed E-state index contributed by atoms with van der Waals surface area (Å²) in [5.41, 5.74) is 1.89. The molecule has 3 rings (SSSR count). The molecule has 0 atom stereocenters. The average molecular weight is 348 g/mol. The fourth-order valence-electron chi connectivity index (χ4n) is 2.73. The monoisotopic (exact) mass is 348 g/mol. The van der Waals surface area contributed by atoms with Crippen molar-refractivity contribution in [3.63, 3.8) is 0 Å². The van der Waals surface area contributed by atoms with Crippen molar-refractivity contribution in [2.45, 2.75) is 12.8 Å². The van der Waals surface area contributed by atoms with Crippen molar-refractivity contribution < 1.29 is 19.1 Å². The maximum Gasteiger partial charge on any atom is 0.338 e. The molecule has 6 heteroatoms. The minimum atomic E-state index is -0.623. The van der Waals surface area contributed by atoms with Crippen LogP contribution in [0.1, 0.15) is 39.1 Å². The molecule has 1 amide bonds. The number of amides is 1. The summed E-state index contributed by atoms with van der Waals surface area (Å²) in [7, 11) is 0. The van der Waals surface area contributed by atoms with Gasteiger partial charge in [-0.05, 0) is 55.0 Å². The lowest BCUT2D eigenvalue weighted by molar-refractivity contribution is -0.117. The van der Waals surface area contributed by atoms with Gasteiger partial charge in [0.05, 0.1) is 17.2 Å². The van der Waals surface area contributed by atoms with Gasteiger partial charge in [-0.3, -0.25) is 9.59 Å². The fraction of sp³-hybridized carbons (Fsp3) is 0.200. The van der Waals surface area contributed by atoms with E-state index in [1.807, 2.05) is 6.07 Å². The number of ether oxygens (including phenoxy) is 1. The second kappa shape index (κ2) is 7.62. The summed E-state index contributed by atoms with van der Waals surface area (Å²) in [5.74, 6) is -0.867. The molecule has 0 bridgehead atoms. The highest BCUT2D eigenvalue weighted by Gasteiger charge is 2.21. The van der Waals surface area contributed by atoms with Gasteiger partial charge < -0.3 is 9.64 Å². The normalized spacial score (nSPS) is 13.3. The van der Waals surface area contributed by atoms with Crippen molar-refractivity contribution in [1.29, 1.82) is 5.26 Å². The second-order valence-electron chi connectivity index (χ2n) is 5.88. The van der Waals surface area contributed by atoms with Crippen LogP contribution in [0.25, 0.3) is 0 Å². The molecule has 0 spiro atoms. The molecule has 26 heavy (non-hydrogen) atoms. The number of Topliss-reactive ketones (excluding diaryl/α,β-unsaturated/α-hetero) is 1. The molecule has 0 aromatic heterocycles. The molecule has 0 saturated carbocycles. The topological polar surface area (TPSA) is 87.5 Å². The van der Waals surface area contributed by atoms with Crippen molar-refractivity contribution in [2.75, 3.05) is 18.1 Å². The molecule has 1 aliphatic rings. The SMILES string of the molecule is N#Cc1ccc(C(=O)OCC(=O)c2ccc(N3CCCC3=O)cc2)cc1. The number of anilines is 1. The van der Waals surface area contributed by atoms with Gasteiger partial charge in [0, 0.05) is 24.2 Å².